The van der Waals surface area contributed by atoms with Gasteiger partial charge >= 0.3 is 0 Å². The van der Waals surface area contributed by atoms with Crippen LogP contribution in [0.3, 0.4) is 0 Å². The van der Waals surface area contributed by atoms with Gasteiger partial charge in [0.15, 0.2) is 0 Å². The van der Waals surface area contributed by atoms with Crippen molar-refractivity contribution in [3.05, 3.63) is 0 Å². The molecule has 1 amide bonds. The van der Waals surface area contributed by atoms with Crippen LogP contribution in [-0.4, -0.2) is 11.4 Å². The number of rotatable bonds is 3. The van der Waals surface area contributed by atoms with Gasteiger partial charge in [-0.15, -0.1) is 0 Å². The zero-order valence-electron chi connectivity index (χ0n) is 8.76. The molecule has 2 heteroatoms. The fourth-order valence-corrected chi connectivity index (χ4v) is 2.00. The Morgan fingerprint density at radius 3 is 2.31 bits per heavy atom. The minimum Gasteiger partial charge on any atom is -0.351 e. The van der Waals surface area contributed by atoms with Crippen LogP contribution in [0.15, 0.2) is 0 Å². The first-order valence-corrected chi connectivity index (χ1v) is 5.33. The fraction of sp³-hybridized carbons (Fsp3) is 0.909. The van der Waals surface area contributed by atoms with Gasteiger partial charge < -0.3 is 5.32 Å². The van der Waals surface area contributed by atoms with Crippen LogP contribution >= 0.6 is 0 Å². The van der Waals surface area contributed by atoms with E-state index in [-0.39, 0.29) is 11.4 Å². The van der Waals surface area contributed by atoms with Gasteiger partial charge in [0.05, 0.1) is 0 Å². The van der Waals surface area contributed by atoms with Gasteiger partial charge in [-0.1, -0.05) is 6.92 Å². The number of carbonyl (C=O) groups excluding carboxylic acids is 1. The van der Waals surface area contributed by atoms with E-state index in [0.29, 0.717) is 11.8 Å². The number of amides is 1. The Morgan fingerprint density at radius 2 is 1.92 bits per heavy atom. The molecular formula is C11H19NO. The first-order valence-electron chi connectivity index (χ1n) is 5.33. The van der Waals surface area contributed by atoms with Gasteiger partial charge in [-0.05, 0) is 44.9 Å². The van der Waals surface area contributed by atoms with Crippen LogP contribution < -0.4 is 5.32 Å². The molecule has 1 N–H and O–H groups in total. The van der Waals surface area contributed by atoms with Crippen molar-refractivity contribution in [2.45, 2.75) is 45.6 Å². The maximum atomic E-state index is 11.7. The normalized spacial score (nSPS) is 32.8. The zero-order valence-corrected chi connectivity index (χ0v) is 8.76. The molecule has 0 bridgehead atoms. The fourth-order valence-electron chi connectivity index (χ4n) is 2.00. The van der Waals surface area contributed by atoms with Crippen LogP contribution in [0.5, 0.6) is 0 Å². The molecule has 0 aliphatic heterocycles. The average Bonchev–Trinajstić information content (AvgIpc) is 2.77. The van der Waals surface area contributed by atoms with Gasteiger partial charge in [-0.25, -0.2) is 0 Å². The lowest BCUT2D eigenvalue weighted by Gasteiger charge is -2.26. The third-order valence-electron chi connectivity index (χ3n) is 3.49. The first-order chi connectivity index (χ1) is 6.00. The summed E-state index contributed by atoms with van der Waals surface area (Å²) in [4.78, 5) is 11.7. The van der Waals surface area contributed by atoms with E-state index < -0.39 is 0 Å². The molecule has 0 unspecified atom stereocenters. The van der Waals surface area contributed by atoms with Gasteiger partial charge in [-0.2, -0.15) is 0 Å². The molecule has 2 aliphatic carbocycles. The van der Waals surface area contributed by atoms with Crippen molar-refractivity contribution in [2.24, 2.45) is 17.8 Å². The predicted molar refractivity (Wildman–Crippen MR) is 52.2 cm³/mol. The highest BCUT2D eigenvalue weighted by molar-refractivity contribution is 5.82. The van der Waals surface area contributed by atoms with Crippen LogP contribution in [0.2, 0.25) is 0 Å². The lowest BCUT2D eigenvalue weighted by Crippen LogP contribution is -2.46. The Bertz CT molecular complexity index is 230. The topological polar surface area (TPSA) is 29.1 Å². The predicted octanol–water partition coefficient (Wildman–Crippen LogP) is 1.95. The minimum atomic E-state index is 0.0411. The maximum Gasteiger partial charge on any atom is 0.223 e. The van der Waals surface area contributed by atoms with Gasteiger partial charge in [-0.3, -0.25) is 4.79 Å². The average molecular weight is 181 g/mol. The van der Waals surface area contributed by atoms with Crippen molar-refractivity contribution in [3.63, 3.8) is 0 Å². The van der Waals surface area contributed by atoms with Crippen LogP contribution in [0.4, 0.5) is 0 Å². The third kappa shape index (κ3) is 1.87. The van der Waals surface area contributed by atoms with Crippen molar-refractivity contribution >= 4 is 5.91 Å². The molecule has 0 aromatic rings. The van der Waals surface area contributed by atoms with E-state index in [2.05, 4.69) is 26.1 Å². The number of hydrogen-bond donors (Lipinski definition) is 1. The minimum absolute atomic E-state index is 0.0411. The molecule has 74 valence electrons. The Labute approximate surface area is 80.1 Å². The number of hydrogen-bond acceptors (Lipinski definition) is 1. The maximum absolute atomic E-state index is 11.7. The Hall–Kier alpha value is -0.530. The molecule has 0 aromatic heterocycles. The van der Waals surface area contributed by atoms with E-state index >= 15 is 0 Å². The van der Waals surface area contributed by atoms with Gasteiger partial charge in [0.1, 0.15) is 0 Å². The van der Waals surface area contributed by atoms with E-state index in [1.165, 1.54) is 12.8 Å². The van der Waals surface area contributed by atoms with Crippen LogP contribution in [-0.2, 0) is 4.79 Å². The largest absolute Gasteiger partial charge is 0.351 e. The lowest BCUT2D eigenvalue weighted by molar-refractivity contribution is -0.124. The SMILES string of the molecule is C[C@H]1C[C@@H]1C(=O)NC(C)(C)C1CC1. The van der Waals surface area contributed by atoms with Crippen molar-refractivity contribution in [3.8, 4) is 0 Å². The molecule has 2 atom stereocenters. The van der Waals surface area contributed by atoms with E-state index in [9.17, 15) is 4.79 Å². The Kier molecular flexibility index (Phi) is 1.90. The van der Waals surface area contributed by atoms with Crippen LogP contribution in [0.25, 0.3) is 0 Å². The summed E-state index contributed by atoms with van der Waals surface area (Å²) in [6, 6.07) is 0. The summed E-state index contributed by atoms with van der Waals surface area (Å²) in [7, 11) is 0. The van der Waals surface area contributed by atoms with Crippen molar-refractivity contribution in [2.75, 3.05) is 0 Å². The molecule has 13 heavy (non-hydrogen) atoms. The van der Waals surface area contributed by atoms with E-state index in [1.807, 2.05) is 0 Å². The molecule has 2 rings (SSSR count). The standard InChI is InChI=1S/C11H19NO/c1-7-6-9(7)10(13)12-11(2,3)8-4-5-8/h7-9H,4-6H2,1-3H3,(H,12,13)/t7-,9-/m0/s1. The Balaban J connectivity index is 1.85. The molecule has 0 radical (unpaired) electrons. The summed E-state index contributed by atoms with van der Waals surface area (Å²) in [5.41, 5.74) is 0.0411. The highest BCUT2D eigenvalue weighted by atomic mass is 16.2. The molecule has 0 saturated heterocycles. The second kappa shape index (κ2) is 2.73. The smallest absolute Gasteiger partial charge is 0.223 e. The van der Waals surface area contributed by atoms with Gasteiger partial charge in [0.25, 0.3) is 0 Å². The highest BCUT2D eigenvalue weighted by Gasteiger charge is 2.44. The Morgan fingerprint density at radius 1 is 1.38 bits per heavy atom. The second-order valence-corrected chi connectivity index (χ2v) is 5.30. The lowest BCUT2D eigenvalue weighted by atomic mass is 9.98. The number of carbonyl (C=O) groups is 1. The van der Waals surface area contributed by atoms with Gasteiger partial charge in [0, 0.05) is 11.5 Å². The zero-order chi connectivity index (χ0) is 9.64. The molecule has 0 spiro atoms. The number of nitrogens with one attached hydrogen (secondary N) is 1. The monoisotopic (exact) mass is 181 g/mol. The summed E-state index contributed by atoms with van der Waals surface area (Å²) >= 11 is 0. The van der Waals surface area contributed by atoms with Crippen molar-refractivity contribution in [1.29, 1.82) is 0 Å². The summed E-state index contributed by atoms with van der Waals surface area (Å²) in [5, 5.41) is 3.17. The molecule has 2 saturated carbocycles. The second-order valence-electron chi connectivity index (χ2n) is 5.30. The van der Waals surface area contributed by atoms with Crippen molar-refractivity contribution < 1.29 is 4.79 Å². The third-order valence-corrected chi connectivity index (χ3v) is 3.49. The van der Waals surface area contributed by atoms with E-state index in [4.69, 9.17) is 0 Å². The molecule has 2 nitrogen and oxygen atoms in total. The first kappa shape index (κ1) is 9.04. The van der Waals surface area contributed by atoms with Crippen LogP contribution in [0, 0.1) is 17.8 Å². The molecule has 0 aromatic carbocycles. The molecular weight excluding hydrogens is 162 g/mol. The highest BCUT2D eigenvalue weighted by Crippen LogP contribution is 2.42. The molecule has 0 heterocycles. The van der Waals surface area contributed by atoms with Gasteiger partial charge in [0.2, 0.25) is 5.91 Å². The summed E-state index contributed by atoms with van der Waals surface area (Å²) in [6.45, 7) is 6.44. The molecule has 2 fully saturated rings. The summed E-state index contributed by atoms with van der Waals surface area (Å²) in [6.07, 6.45) is 3.66. The van der Waals surface area contributed by atoms with E-state index in [1.54, 1.807) is 0 Å². The quantitative estimate of drug-likeness (QED) is 0.708. The van der Waals surface area contributed by atoms with Crippen LogP contribution in [0.1, 0.15) is 40.0 Å². The summed E-state index contributed by atoms with van der Waals surface area (Å²) in [5.74, 6) is 1.95. The summed E-state index contributed by atoms with van der Waals surface area (Å²) < 4.78 is 0. The van der Waals surface area contributed by atoms with Crippen molar-refractivity contribution in [1.82, 2.24) is 5.32 Å². The van der Waals surface area contributed by atoms with E-state index in [0.717, 1.165) is 12.3 Å². The molecule has 2 aliphatic rings.